The van der Waals surface area contributed by atoms with Crippen LogP contribution in [0.15, 0.2) is 60.7 Å². The Kier molecular flexibility index (Phi) is 5.21. The van der Waals surface area contributed by atoms with Gasteiger partial charge in [0.05, 0.1) is 7.11 Å². The van der Waals surface area contributed by atoms with Gasteiger partial charge in [0, 0.05) is 37.8 Å². The minimum absolute atomic E-state index is 0.0617. The SMILES string of the molecule is COc1ccc2cc(CN(C)C(=O)c3cccc(N4CCCC4=O)c3)ccc2c1. The molecule has 4 rings (SSSR count). The number of hydrogen-bond acceptors (Lipinski definition) is 3. The van der Waals surface area contributed by atoms with Gasteiger partial charge in [-0.25, -0.2) is 0 Å². The molecule has 1 aliphatic heterocycles. The molecule has 3 aromatic carbocycles. The van der Waals surface area contributed by atoms with Gasteiger partial charge >= 0.3 is 0 Å². The summed E-state index contributed by atoms with van der Waals surface area (Å²) in [7, 11) is 3.46. The number of hydrogen-bond donors (Lipinski definition) is 0. The maximum absolute atomic E-state index is 13.0. The van der Waals surface area contributed by atoms with Crippen molar-refractivity contribution in [3.05, 3.63) is 71.8 Å². The number of carbonyl (C=O) groups excluding carboxylic acids is 2. The van der Waals surface area contributed by atoms with Crippen LogP contribution in [0.3, 0.4) is 0 Å². The molecule has 3 aromatic rings. The number of rotatable bonds is 5. The monoisotopic (exact) mass is 388 g/mol. The van der Waals surface area contributed by atoms with Crippen LogP contribution in [0.5, 0.6) is 5.75 Å². The summed E-state index contributed by atoms with van der Waals surface area (Å²) in [4.78, 5) is 28.4. The minimum Gasteiger partial charge on any atom is -0.497 e. The maximum Gasteiger partial charge on any atom is 0.253 e. The van der Waals surface area contributed by atoms with Crippen LogP contribution in [0.25, 0.3) is 10.8 Å². The van der Waals surface area contributed by atoms with Gasteiger partial charge in [0.1, 0.15) is 5.75 Å². The van der Waals surface area contributed by atoms with Gasteiger partial charge in [-0.2, -0.15) is 0 Å². The van der Waals surface area contributed by atoms with E-state index in [4.69, 9.17) is 4.74 Å². The first-order valence-corrected chi connectivity index (χ1v) is 9.78. The van der Waals surface area contributed by atoms with Crippen molar-refractivity contribution in [2.45, 2.75) is 19.4 Å². The first kappa shape index (κ1) is 19.0. The molecule has 0 saturated carbocycles. The smallest absolute Gasteiger partial charge is 0.253 e. The zero-order chi connectivity index (χ0) is 20.4. The highest BCUT2D eigenvalue weighted by Gasteiger charge is 2.22. The van der Waals surface area contributed by atoms with Crippen LogP contribution >= 0.6 is 0 Å². The summed E-state index contributed by atoms with van der Waals surface area (Å²) in [5.41, 5.74) is 2.45. The second-order valence-electron chi connectivity index (χ2n) is 7.41. The highest BCUT2D eigenvalue weighted by atomic mass is 16.5. The molecule has 29 heavy (non-hydrogen) atoms. The van der Waals surface area contributed by atoms with Crippen LogP contribution in [-0.4, -0.2) is 37.4 Å². The zero-order valence-corrected chi connectivity index (χ0v) is 16.7. The molecule has 0 aromatic heterocycles. The van der Waals surface area contributed by atoms with Gasteiger partial charge in [0.25, 0.3) is 5.91 Å². The Labute approximate surface area is 170 Å². The molecule has 2 amide bonds. The highest BCUT2D eigenvalue weighted by Crippen LogP contribution is 2.24. The lowest BCUT2D eigenvalue weighted by molar-refractivity contribution is -0.117. The molecule has 5 nitrogen and oxygen atoms in total. The van der Waals surface area contributed by atoms with Crippen LogP contribution in [0.4, 0.5) is 5.69 Å². The topological polar surface area (TPSA) is 49.9 Å². The molecule has 1 fully saturated rings. The van der Waals surface area contributed by atoms with E-state index in [9.17, 15) is 9.59 Å². The average Bonchev–Trinajstić information content (AvgIpc) is 3.18. The number of fused-ring (bicyclic) bond motifs is 1. The van der Waals surface area contributed by atoms with Crippen molar-refractivity contribution in [3.63, 3.8) is 0 Å². The van der Waals surface area contributed by atoms with Crippen molar-refractivity contribution in [1.82, 2.24) is 4.90 Å². The van der Waals surface area contributed by atoms with Gasteiger partial charge in [0.15, 0.2) is 0 Å². The number of amides is 2. The Hall–Kier alpha value is -3.34. The first-order chi connectivity index (χ1) is 14.0. The summed E-state index contributed by atoms with van der Waals surface area (Å²) in [5.74, 6) is 0.887. The van der Waals surface area contributed by atoms with Crippen molar-refractivity contribution in [3.8, 4) is 5.75 Å². The Morgan fingerprint density at radius 1 is 1.07 bits per heavy atom. The largest absolute Gasteiger partial charge is 0.497 e. The van der Waals surface area contributed by atoms with Crippen molar-refractivity contribution in [2.24, 2.45) is 0 Å². The summed E-state index contributed by atoms with van der Waals surface area (Å²) in [6.45, 7) is 1.22. The predicted octanol–water partition coefficient (Wildman–Crippen LogP) is 4.25. The molecule has 0 N–H and O–H groups in total. The summed E-state index contributed by atoms with van der Waals surface area (Å²) in [5, 5.41) is 2.21. The van der Waals surface area contributed by atoms with E-state index in [1.165, 1.54) is 0 Å². The van der Waals surface area contributed by atoms with Gasteiger partial charge < -0.3 is 14.5 Å². The fraction of sp³-hybridized carbons (Fsp3) is 0.250. The standard InChI is InChI=1S/C24H24N2O3/c1-25(16-17-8-9-19-15-22(29-2)11-10-18(19)13-17)24(28)20-5-3-6-21(14-20)26-12-4-7-23(26)27/h3,5-6,8-11,13-15H,4,7,12,16H2,1-2H3. The lowest BCUT2D eigenvalue weighted by Crippen LogP contribution is -2.27. The lowest BCUT2D eigenvalue weighted by Gasteiger charge is -2.20. The second kappa shape index (κ2) is 7.95. The molecule has 0 spiro atoms. The number of anilines is 1. The molecule has 0 bridgehead atoms. The van der Waals surface area contributed by atoms with Crippen molar-refractivity contribution >= 4 is 28.3 Å². The Bertz CT molecular complexity index is 1080. The van der Waals surface area contributed by atoms with Crippen LogP contribution in [0.1, 0.15) is 28.8 Å². The first-order valence-electron chi connectivity index (χ1n) is 9.78. The Morgan fingerprint density at radius 2 is 1.86 bits per heavy atom. The Morgan fingerprint density at radius 3 is 2.62 bits per heavy atom. The summed E-state index contributed by atoms with van der Waals surface area (Å²) >= 11 is 0. The van der Waals surface area contributed by atoms with E-state index in [-0.39, 0.29) is 11.8 Å². The highest BCUT2D eigenvalue weighted by molar-refractivity contribution is 5.99. The van der Waals surface area contributed by atoms with Gasteiger partial charge in [0.2, 0.25) is 5.91 Å². The third kappa shape index (κ3) is 3.94. The third-order valence-electron chi connectivity index (χ3n) is 5.36. The van der Waals surface area contributed by atoms with E-state index in [0.29, 0.717) is 25.1 Å². The summed E-state index contributed by atoms with van der Waals surface area (Å²) in [6.07, 6.45) is 1.44. The van der Waals surface area contributed by atoms with E-state index in [0.717, 1.165) is 34.2 Å². The molecule has 0 unspecified atom stereocenters. The lowest BCUT2D eigenvalue weighted by atomic mass is 10.1. The molecule has 0 atom stereocenters. The number of carbonyl (C=O) groups is 2. The van der Waals surface area contributed by atoms with Crippen LogP contribution in [0.2, 0.25) is 0 Å². The van der Waals surface area contributed by atoms with Gasteiger partial charge in [-0.15, -0.1) is 0 Å². The molecule has 5 heteroatoms. The van der Waals surface area contributed by atoms with Crippen molar-refractivity contribution < 1.29 is 14.3 Å². The third-order valence-corrected chi connectivity index (χ3v) is 5.36. The van der Waals surface area contributed by atoms with E-state index < -0.39 is 0 Å². The number of methoxy groups -OCH3 is 1. The summed E-state index contributed by atoms with van der Waals surface area (Å²) in [6, 6.07) is 19.5. The number of nitrogens with zero attached hydrogens (tertiary/aromatic N) is 2. The summed E-state index contributed by atoms with van der Waals surface area (Å²) < 4.78 is 5.27. The maximum atomic E-state index is 13.0. The van der Waals surface area contributed by atoms with E-state index in [2.05, 4.69) is 6.07 Å². The van der Waals surface area contributed by atoms with E-state index in [1.807, 2.05) is 48.5 Å². The van der Waals surface area contributed by atoms with Crippen molar-refractivity contribution in [1.29, 1.82) is 0 Å². The molecular weight excluding hydrogens is 364 g/mol. The predicted molar refractivity (Wildman–Crippen MR) is 114 cm³/mol. The molecular formula is C24H24N2O3. The Balaban J connectivity index is 1.51. The quantitative estimate of drug-likeness (QED) is 0.657. The molecule has 0 aliphatic carbocycles. The minimum atomic E-state index is -0.0617. The normalized spacial score (nSPS) is 13.7. The van der Waals surface area contributed by atoms with Gasteiger partial charge in [-0.1, -0.05) is 24.3 Å². The molecule has 148 valence electrons. The molecule has 0 radical (unpaired) electrons. The average molecular weight is 388 g/mol. The fourth-order valence-electron chi connectivity index (χ4n) is 3.79. The van der Waals surface area contributed by atoms with Gasteiger partial charge in [-0.05, 0) is 59.2 Å². The second-order valence-corrected chi connectivity index (χ2v) is 7.41. The van der Waals surface area contributed by atoms with Crippen LogP contribution in [-0.2, 0) is 11.3 Å². The molecule has 1 heterocycles. The van der Waals surface area contributed by atoms with Gasteiger partial charge in [-0.3, -0.25) is 9.59 Å². The van der Waals surface area contributed by atoms with Crippen LogP contribution in [0, 0.1) is 0 Å². The number of ether oxygens (including phenoxy) is 1. The van der Waals surface area contributed by atoms with Crippen molar-refractivity contribution in [2.75, 3.05) is 25.6 Å². The van der Waals surface area contributed by atoms with Crippen LogP contribution < -0.4 is 9.64 Å². The van der Waals surface area contributed by atoms with E-state index >= 15 is 0 Å². The molecule has 1 aliphatic rings. The fourth-order valence-corrected chi connectivity index (χ4v) is 3.79. The number of benzene rings is 3. The zero-order valence-electron chi connectivity index (χ0n) is 16.7. The molecule has 1 saturated heterocycles. The van der Waals surface area contributed by atoms with E-state index in [1.54, 1.807) is 30.0 Å².